The summed E-state index contributed by atoms with van der Waals surface area (Å²) in [5.41, 5.74) is 3.77. The minimum atomic E-state index is -0.908. The molecule has 4 rings (SSSR count). The standard InChI is InChI=1S/C22H23ClN4O2/c1-21(2)16(14-4-6-15(7-5-14)18(28)29)8-10-22(3)12-27(11-9-17(21)22)20-25-13-24-19(23)26-20/h4-9,13H,10-12H2,1-3H3,(H,28,29). The number of halogens is 1. The van der Waals surface area contributed by atoms with Crippen LogP contribution in [0.25, 0.3) is 5.57 Å². The predicted molar refractivity (Wildman–Crippen MR) is 113 cm³/mol. The average Bonchev–Trinajstić information content (AvgIpc) is 2.67. The third-order valence-electron chi connectivity index (χ3n) is 6.06. The zero-order valence-corrected chi connectivity index (χ0v) is 17.4. The first-order chi connectivity index (χ1) is 13.7. The second-order valence-electron chi connectivity index (χ2n) is 8.44. The van der Waals surface area contributed by atoms with Crippen LogP contribution in [0.5, 0.6) is 0 Å². The molecule has 0 amide bonds. The summed E-state index contributed by atoms with van der Waals surface area (Å²) in [6.45, 7) is 8.26. The number of carboxylic acid groups (broad SMARTS) is 1. The van der Waals surface area contributed by atoms with Crippen molar-refractivity contribution in [2.45, 2.75) is 27.2 Å². The fourth-order valence-electron chi connectivity index (χ4n) is 4.77. The van der Waals surface area contributed by atoms with Crippen molar-refractivity contribution in [3.05, 3.63) is 64.7 Å². The van der Waals surface area contributed by atoms with E-state index >= 15 is 0 Å². The lowest BCUT2D eigenvalue weighted by atomic mass is 9.58. The van der Waals surface area contributed by atoms with Crippen molar-refractivity contribution in [2.75, 3.05) is 18.0 Å². The summed E-state index contributed by atoms with van der Waals surface area (Å²) in [4.78, 5) is 25.7. The highest BCUT2D eigenvalue weighted by Gasteiger charge is 2.46. The number of fused-ring (bicyclic) bond motifs is 1. The summed E-state index contributed by atoms with van der Waals surface area (Å²) in [5.74, 6) is -0.312. The van der Waals surface area contributed by atoms with E-state index in [1.165, 1.54) is 17.5 Å². The Labute approximate surface area is 175 Å². The Morgan fingerprint density at radius 1 is 1.14 bits per heavy atom. The molecule has 0 saturated heterocycles. The van der Waals surface area contributed by atoms with Gasteiger partial charge in [-0.25, -0.2) is 14.8 Å². The molecule has 7 heteroatoms. The minimum Gasteiger partial charge on any atom is -0.478 e. The summed E-state index contributed by atoms with van der Waals surface area (Å²) >= 11 is 5.95. The Morgan fingerprint density at radius 3 is 2.52 bits per heavy atom. The average molecular weight is 411 g/mol. The maximum Gasteiger partial charge on any atom is 0.335 e. The molecule has 1 aliphatic carbocycles. The van der Waals surface area contributed by atoms with Gasteiger partial charge in [-0.05, 0) is 41.3 Å². The summed E-state index contributed by atoms with van der Waals surface area (Å²) in [7, 11) is 0. The topological polar surface area (TPSA) is 79.2 Å². The smallest absolute Gasteiger partial charge is 0.335 e. The van der Waals surface area contributed by atoms with E-state index in [1.54, 1.807) is 12.1 Å². The number of aromatic carboxylic acids is 1. The van der Waals surface area contributed by atoms with E-state index in [0.717, 1.165) is 18.5 Å². The van der Waals surface area contributed by atoms with E-state index in [9.17, 15) is 4.79 Å². The van der Waals surface area contributed by atoms with E-state index in [4.69, 9.17) is 16.7 Å². The molecule has 2 heterocycles. The van der Waals surface area contributed by atoms with Crippen LogP contribution >= 0.6 is 11.6 Å². The van der Waals surface area contributed by atoms with Crippen LogP contribution in [0.3, 0.4) is 0 Å². The summed E-state index contributed by atoms with van der Waals surface area (Å²) in [6.07, 6.45) is 6.89. The number of rotatable bonds is 3. The number of allylic oxidation sites excluding steroid dienone is 2. The van der Waals surface area contributed by atoms with Gasteiger partial charge in [-0.2, -0.15) is 4.98 Å². The second-order valence-corrected chi connectivity index (χ2v) is 8.78. The second kappa shape index (κ2) is 6.95. The first kappa shape index (κ1) is 19.6. The van der Waals surface area contributed by atoms with Crippen molar-refractivity contribution in [1.29, 1.82) is 0 Å². The molecule has 0 spiro atoms. The quantitative estimate of drug-likeness (QED) is 0.751. The number of aromatic nitrogens is 3. The van der Waals surface area contributed by atoms with Gasteiger partial charge in [0.05, 0.1) is 5.56 Å². The zero-order valence-electron chi connectivity index (χ0n) is 16.7. The van der Waals surface area contributed by atoms with Gasteiger partial charge >= 0.3 is 5.97 Å². The van der Waals surface area contributed by atoms with E-state index < -0.39 is 5.97 Å². The molecule has 0 radical (unpaired) electrons. The van der Waals surface area contributed by atoms with E-state index in [2.05, 4.69) is 52.8 Å². The number of hydrogen-bond donors (Lipinski definition) is 1. The van der Waals surface area contributed by atoms with Crippen molar-refractivity contribution >= 4 is 29.1 Å². The maximum absolute atomic E-state index is 11.2. The zero-order chi connectivity index (χ0) is 20.8. The van der Waals surface area contributed by atoms with Crippen molar-refractivity contribution in [2.24, 2.45) is 10.8 Å². The number of carboxylic acids is 1. The van der Waals surface area contributed by atoms with Crippen molar-refractivity contribution in [3.63, 3.8) is 0 Å². The summed E-state index contributed by atoms with van der Waals surface area (Å²) < 4.78 is 0. The molecule has 0 bridgehead atoms. The predicted octanol–water partition coefficient (Wildman–Crippen LogP) is 4.49. The molecule has 2 aromatic rings. The fraction of sp³-hybridized carbons (Fsp3) is 0.364. The van der Waals surface area contributed by atoms with Crippen LogP contribution in [0.4, 0.5) is 5.95 Å². The normalized spacial score (nSPS) is 23.1. The Kier molecular flexibility index (Phi) is 4.69. The highest BCUT2D eigenvalue weighted by Crippen LogP contribution is 2.55. The third-order valence-corrected chi connectivity index (χ3v) is 6.25. The Morgan fingerprint density at radius 2 is 1.86 bits per heavy atom. The van der Waals surface area contributed by atoms with Crippen molar-refractivity contribution in [1.82, 2.24) is 15.0 Å². The van der Waals surface area contributed by atoms with Crippen molar-refractivity contribution in [3.8, 4) is 0 Å². The molecule has 0 saturated carbocycles. The maximum atomic E-state index is 11.2. The fourth-order valence-corrected chi connectivity index (χ4v) is 4.89. The van der Waals surface area contributed by atoms with Crippen LogP contribution in [-0.4, -0.2) is 39.1 Å². The largest absolute Gasteiger partial charge is 0.478 e. The third kappa shape index (κ3) is 3.42. The minimum absolute atomic E-state index is 0.0502. The highest BCUT2D eigenvalue weighted by atomic mass is 35.5. The molecule has 150 valence electrons. The number of nitrogens with zero attached hydrogens (tertiary/aromatic N) is 4. The molecule has 0 fully saturated rings. The van der Waals surface area contributed by atoms with Gasteiger partial charge in [0.25, 0.3) is 0 Å². The van der Waals surface area contributed by atoms with Gasteiger partial charge in [0, 0.05) is 23.9 Å². The first-order valence-electron chi connectivity index (χ1n) is 9.56. The monoisotopic (exact) mass is 410 g/mol. The van der Waals surface area contributed by atoms with Gasteiger partial charge in [0.15, 0.2) is 0 Å². The Hall–Kier alpha value is -2.73. The lowest BCUT2D eigenvalue weighted by molar-refractivity contribution is 0.0697. The summed E-state index contributed by atoms with van der Waals surface area (Å²) in [5, 5.41) is 9.36. The first-order valence-corrected chi connectivity index (χ1v) is 9.93. The van der Waals surface area contributed by atoms with Gasteiger partial charge in [0.2, 0.25) is 11.2 Å². The molecular weight excluding hydrogens is 388 g/mol. The molecule has 6 nitrogen and oxygen atoms in total. The number of carbonyl (C=O) groups is 1. The van der Waals surface area contributed by atoms with Gasteiger partial charge in [-0.15, -0.1) is 0 Å². The molecule has 2 aliphatic rings. The van der Waals surface area contributed by atoms with E-state index in [-0.39, 0.29) is 16.1 Å². The Bertz CT molecular complexity index is 1030. The number of anilines is 1. The van der Waals surface area contributed by atoms with Crippen LogP contribution < -0.4 is 4.90 Å². The van der Waals surface area contributed by atoms with Gasteiger partial charge in [0.1, 0.15) is 6.33 Å². The van der Waals surface area contributed by atoms with Gasteiger partial charge in [-0.1, -0.05) is 50.6 Å². The molecule has 1 aromatic carbocycles. The van der Waals surface area contributed by atoms with Gasteiger partial charge in [-0.3, -0.25) is 0 Å². The van der Waals surface area contributed by atoms with E-state index in [1.807, 2.05) is 12.1 Å². The number of benzene rings is 1. The van der Waals surface area contributed by atoms with Crippen LogP contribution in [-0.2, 0) is 0 Å². The summed E-state index contributed by atoms with van der Waals surface area (Å²) in [6, 6.07) is 7.15. The molecule has 1 aliphatic heterocycles. The Balaban J connectivity index is 1.67. The molecule has 1 atom stereocenters. The highest BCUT2D eigenvalue weighted by molar-refractivity contribution is 6.28. The molecular formula is C22H23ClN4O2. The lowest BCUT2D eigenvalue weighted by Gasteiger charge is -2.50. The van der Waals surface area contributed by atoms with Crippen LogP contribution in [0.1, 0.15) is 43.1 Å². The molecule has 1 aromatic heterocycles. The lowest BCUT2D eigenvalue weighted by Crippen LogP contribution is -2.47. The SMILES string of the molecule is CC12CC=C(c3ccc(C(=O)O)cc3)C(C)(C)C1=CCN(c1ncnc(Cl)n1)C2. The van der Waals surface area contributed by atoms with Gasteiger partial charge < -0.3 is 10.0 Å². The van der Waals surface area contributed by atoms with E-state index in [0.29, 0.717) is 18.1 Å². The van der Waals surface area contributed by atoms with Crippen LogP contribution in [0.15, 0.2) is 48.3 Å². The molecule has 1 unspecified atom stereocenters. The molecule has 29 heavy (non-hydrogen) atoms. The van der Waals surface area contributed by atoms with Crippen LogP contribution in [0.2, 0.25) is 5.28 Å². The molecule has 1 N–H and O–H groups in total. The van der Waals surface area contributed by atoms with Crippen LogP contribution in [0, 0.1) is 10.8 Å². The number of hydrogen-bond acceptors (Lipinski definition) is 5. The van der Waals surface area contributed by atoms with Crippen molar-refractivity contribution < 1.29 is 9.90 Å².